The Hall–Kier alpha value is -4.05. The number of rotatable bonds is 6. The highest BCUT2D eigenvalue weighted by molar-refractivity contribution is 6.00. The molecule has 10 nitrogen and oxygen atoms in total. The lowest BCUT2D eigenvalue weighted by Crippen LogP contribution is -2.43. The summed E-state index contributed by atoms with van der Waals surface area (Å²) in [5.41, 5.74) is 9.14. The lowest BCUT2D eigenvalue weighted by molar-refractivity contribution is -0.166. The number of nitrogen functional groups attached to an aromatic ring is 1. The molecule has 1 aliphatic rings. The van der Waals surface area contributed by atoms with E-state index in [-0.39, 0.29) is 17.5 Å². The number of Topliss-reactive ketones (excluding diaryl/α,β-unsaturated/α-hetero) is 1. The van der Waals surface area contributed by atoms with E-state index in [0.717, 1.165) is 16.8 Å². The molecule has 1 saturated carbocycles. The quantitative estimate of drug-likeness (QED) is 0.405. The van der Waals surface area contributed by atoms with E-state index in [4.69, 9.17) is 15.5 Å². The van der Waals surface area contributed by atoms with Crippen LogP contribution < -0.4 is 5.73 Å². The molecule has 1 fully saturated rings. The summed E-state index contributed by atoms with van der Waals surface area (Å²) in [6.07, 6.45) is 6.97. The molecule has 3 aromatic heterocycles. The number of aromatic nitrogens is 5. The minimum Gasteiger partial charge on any atom is -0.479 e. The summed E-state index contributed by atoms with van der Waals surface area (Å²) in [4.78, 5) is 29.3. The average Bonchev–Trinajstić information content (AvgIpc) is 3.51. The van der Waals surface area contributed by atoms with Gasteiger partial charge in [-0.3, -0.25) is 4.79 Å². The van der Waals surface area contributed by atoms with Crippen LogP contribution in [0.5, 0.6) is 0 Å². The van der Waals surface area contributed by atoms with E-state index in [1.807, 2.05) is 36.5 Å². The van der Waals surface area contributed by atoms with Crippen molar-refractivity contribution in [2.75, 3.05) is 12.8 Å². The lowest BCUT2D eigenvalue weighted by Gasteiger charge is -2.35. The van der Waals surface area contributed by atoms with Gasteiger partial charge in [0, 0.05) is 30.4 Å². The average molecular weight is 475 g/mol. The molecule has 3 N–H and O–H groups in total. The summed E-state index contributed by atoms with van der Waals surface area (Å²) in [6, 6.07) is 9.74. The molecule has 0 unspecified atom stereocenters. The van der Waals surface area contributed by atoms with Gasteiger partial charge in [-0.25, -0.2) is 14.5 Å². The van der Waals surface area contributed by atoms with Crippen LogP contribution in [0.25, 0.3) is 22.5 Å². The van der Waals surface area contributed by atoms with Crippen molar-refractivity contribution in [3.8, 4) is 16.8 Å². The number of fused-ring (bicyclic) bond motifs is 1. The predicted molar refractivity (Wildman–Crippen MR) is 129 cm³/mol. The van der Waals surface area contributed by atoms with Crippen LogP contribution in [0, 0.1) is 0 Å². The van der Waals surface area contributed by atoms with E-state index in [1.165, 1.54) is 18.5 Å². The molecule has 3 heterocycles. The zero-order valence-corrected chi connectivity index (χ0v) is 19.5. The number of anilines is 1. The third kappa shape index (κ3) is 3.75. The van der Waals surface area contributed by atoms with Crippen LogP contribution in [0.4, 0.5) is 5.82 Å². The van der Waals surface area contributed by atoms with Gasteiger partial charge < -0.3 is 15.6 Å². The van der Waals surface area contributed by atoms with Crippen LogP contribution in [0.3, 0.4) is 0 Å². The summed E-state index contributed by atoms with van der Waals surface area (Å²) in [5.74, 6) is -1.08. The fourth-order valence-corrected chi connectivity index (χ4v) is 4.94. The van der Waals surface area contributed by atoms with E-state index in [1.54, 1.807) is 17.1 Å². The molecule has 0 atom stereocenters. The second kappa shape index (κ2) is 8.62. The van der Waals surface area contributed by atoms with Crippen LogP contribution in [0.2, 0.25) is 0 Å². The van der Waals surface area contributed by atoms with E-state index >= 15 is 0 Å². The zero-order valence-electron chi connectivity index (χ0n) is 19.5. The highest BCUT2D eigenvalue weighted by Crippen LogP contribution is 2.42. The number of carboxylic acid groups (broad SMARTS) is 1. The second-order valence-electron chi connectivity index (χ2n) is 8.89. The zero-order chi connectivity index (χ0) is 24.7. The van der Waals surface area contributed by atoms with Crippen molar-refractivity contribution in [1.29, 1.82) is 0 Å². The summed E-state index contributed by atoms with van der Waals surface area (Å²) < 4.78 is 8.61. The summed E-state index contributed by atoms with van der Waals surface area (Å²) in [7, 11) is 1.42. The minimum absolute atomic E-state index is 0.126. The van der Waals surface area contributed by atoms with Crippen LogP contribution in [-0.4, -0.2) is 53.9 Å². The third-order valence-corrected chi connectivity index (χ3v) is 6.94. The molecule has 10 heteroatoms. The minimum atomic E-state index is -1.21. The Kier molecular flexibility index (Phi) is 5.60. The van der Waals surface area contributed by atoms with Gasteiger partial charge >= 0.3 is 5.97 Å². The van der Waals surface area contributed by atoms with Gasteiger partial charge in [0.2, 0.25) is 0 Å². The van der Waals surface area contributed by atoms with Gasteiger partial charge in [-0.2, -0.15) is 14.7 Å². The molecule has 0 bridgehead atoms. The molecule has 0 radical (unpaired) electrons. The number of hydrogen-bond donors (Lipinski definition) is 2. The van der Waals surface area contributed by atoms with Gasteiger partial charge in [-0.1, -0.05) is 18.2 Å². The number of benzene rings is 1. The number of nitrogens with two attached hydrogens (primary N) is 1. The van der Waals surface area contributed by atoms with Crippen molar-refractivity contribution >= 4 is 23.2 Å². The van der Waals surface area contributed by atoms with Crippen LogP contribution in [0.15, 0.2) is 48.9 Å². The van der Waals surface area contributed by atoms with Gasteiger partial charge in [0.25, 0.3) is 0 Å². The third-order valence-electron chi connectivity index (χ3n) is 6.94. The second-order valence-corrected chi connectivity index (χ2v) is 8.89. The summed E-state index contributed by atoms with van der Waals surface area (Å²) >= 11 is 0. The van der Waals surface area contributed by atoms with Gasteiger partial charge in [0.1, 0.15) is 5.82 Å². The number of para-hydroxylation sites is 1. The van der Waals surface area contributed by atoms with Gasteiger partial charge in [-0.05, 0) is 44.7 Å². The number of carbonyl (C=O) groups excluding carboxylic acids is 1. The fraction of sp³-hybridized carbons (Fsp3) is 0.320. The van der Waals surface area contributed by atoms with E-state index in [2.05, 4.69) is 10.2 Å². The lowest BCUT2D eigenvalue weighted by atomic mass is 9.76. The molecule has 1 aliphatic carbocycles. The number of methoxy groups -OCH3 is 1. The van der Waals surface area contributed by atoms with Gasteiger partial charge in [0.05, 0.1) is 29.3 Å². The summed E-state index contributed by atoms with van der Waals surface area (Å²) in [6.45, 7) is 1.45. The van der Waals surface area contributed by atoms with Crippen molar-refractivity contribution in [3.05, 3.63) is 60.2 Å². The van der Waals surface area contributed by atoms with E-state index in [9.17, 15) is 14.7 Å². The standard InChI is InChI=1S/C25H26N6O4/c1-15(32)20-21(16-8-10-25(35-2,11-9-16)24(33)34)29-23-19(13-28-31(23)22(20)26)17-12-27-30(14-17)18-6-4-3-5-7-18/h3-7,12-14,16H,8-11,26H2,1-2H3,(H,33,34). The molecule has 180 valence electrons. The molecule has 4 aromatic rings. The maximum absolute atomic E-state index is 12.6. The Bertz CT molecular complexity index is 1420. The molecule has 35 heavy (non-hydrogen) atoms. The van der Waals surface area contributed by atoms with E-state index < -0.39 is 11.6 Å². The molecule has 0 spiro atoms. The Morgan fingerprint density at radius 3 is 2.49 bits per heavy atom. The maximum atomic E-state index is 12.6. The number of nitrogens with zero attached hydrogens (tertiary/aromatic N) is 5. The Labute approximate surface area is 201 Å². The first kappa shape index (κ1) is 22.7. The van der Waals surface area contributed by atoms with Crippen molar-refractivity contribution in [2.45, 2.75) is 44.1 Å². The first-order valence-electron chi connectivity index (χ1n) is 11.4. The molecule has 0 saturated heterocycles. The fourth-order valence-electron chi connectivity index (χ4n) is 4.94. The molecule has 0 aliphatic heterocycles. The number of aliphatic carboxylic acids is 1. The van der Waals surface area contributed by atoms with Crippen LogP contribution >= 0.6 is 0 Å². The number of ketones is 1. The highest BCUT2D eigenvalue weighted by Gasteiger charge is 2.43. The smallest absolute Gasteiger partial charge is 0.335 e. The predicted octanol–water partition coefficient (Wildman–Crippen LogP) is 3.49. The Morgan fingerprint density at radius 1 is 1.14 bits per heavy atom. The Morgan fingerprint density at radius 2 is 1.86 bits per heavy atom. The maximum Gasteiger partial charge on any atom is 0.335 e. The van der Waals surface area contributed by atoms with Crippen molar-refractivity contribution in [1.82, 2.24) is 24.4 Å². The Balaban J connectivity index is 1.58. The molecular formula is C25H26N6O4. The highest BCUT2D eigenvalue weighted by atomic mass is 16.5. The summed E-state index contributed by atoms with van der Waals surface area (Å²) in [5, 5.41) is 18.5. The molecule has 0 amide bonds. The molecule has 5 rings (SSSR count). The van der Waals surface area contributed by atoms with Crippen molar-refractivity contribution in [3.63, 3.8) is 0 Å². The van der Waals surface area contributed by atoms with Crippen LogP contribution in [0.1, 0.15) is 54.6 Å². The van der Waals surface area contributed by atoms with Crippen molar-refractivity contribution < 1.29 is 19.4 Å². The first-order valence-corrected chi connectivity index (χ1v) is 11.4. The molecular weight excluding hydrogens is 448 g/mol. The van der Waals surface area contributed by atoms with E-state index in [0.29, 0.717) is 42.6 Å². The van der Waals surface area contributed by atoms with Crippen LogP contribution in [-0.2, 0) is 9.53 Å². The number of carbonyl (C=O) groups is 2. The van der Waals surface area contributed by atoms with Gasteiger partial charge in [0.15, 0.2) is 17.0 Å². The molecule has 1 aromatic carbocycles. The first-order chi connectivity index (χ1) is 16.8. The topological polar surface area (TPSA) is 138 Å². The number of ether oxygens (including phenoxy) is 1. The normalized spacial score (nSPS) is 20.2. The van der Waals surface area contributed by atoms with Crippen molar-refractivity contribution in [2.24, 2.45) is 0 Å². The SMILES string of the molecule is COC1(C(=O)O)CCC(c2nc3c(-c4cnn(-c5ccccc5)c4)cnn3c(N)c2C(C)=O)CC1. The largest absolute Gasteiger partial charge is 0.479 e. The number of hydrogen-bond acceptors (Lipinski definition) is 7. The monoisotopic (exact) mass is 474 g/mol. The number of carboxylic acids is 1. The van der Waals surface area contributed by atoms with Gasteiger partial charge in [-0.15, -0.1) is 0 Å².